The van der Waals surface area contributed by atoms with Crippen molar-refractivity contribution in [3.05, 3.63) is 29.8 Å². The van der Waals surface area contributed by atoms with Crippen molar-refractivity contribution in [2.75, 3.05) is 7.11 Å². The molecule has 1 aromatic rings. The van der Waals surface area contributed by atoms with Crippen molar-refractivity contribution in [2.24, 2.45) is 5.92 Å². The van der Waals surface area contributed by atoms with E-state index in [2.05, 4.69) is 0 Å². The fraction of sp³-hybridized carbons (Fsp3) is 0.462. The van der Waals surface area contributed by atoms with Crippen molar-refractivity contribution in [3.8, 4) is 5.75 Å². The van der Waals surface area contributed by atoms with Gasteiger partial charge in [0.1, 0.15) is 5.75 Å². The van der Waals surface area contributed by atoms with Crippen LogP contribution in [0.5, 0.6) is 5.75 Å². The molecule has 1 unspecified atom stereocenters. The van der Waals surface area contributed by atoms with Gasteiger partial charge in [-0.1, -0.05) is 12.1 Å². The van der Waals surface area contributed by atoms with E-state index in [0.29, 0.717) is 12.3 Å². The van der Waals surface area contributed by atoms with Gasteiger partial charge in [0, 0.05) is 6.42 Å². The van der Waals surface area contributed by atoms with Crippen molar-refractivity contribution >= 4 is 16.8 Å². The molecule has 0 aromatic heterocycles. The Balaban J connectivity index is 2.14. The molecule has 1 aliphatic carbocycles. The van der Waals surface area contributed by atoms with E-state index in [1.165, 1.54) is 18.4 Å². The average Bonchev–Trinajstić information content (AvgIpc) is 3.10. The van der Waals surface area contributed by atoms with Crippen LogP contribution in [0.3, 0.4) is 0 Å². The number of methoxy groups -OCH3 is 1. The van der Waals surface area contributed by atoms with Gasteiger partial charge in [-0.25, -0.2) is 0 Å². The Kier molecular flexibility index (Phi) is 3.49. The summed E-state index contributed by atoms with van der Waals surface area (Å²) >= 11 is 5.49. The van der Waals surface area contributed by atoms with E-state index in [9.17, 15) is 4.79 Å². The minimum Gasteiger partial charge on any atom is -0.497 e. The Morgan fingerprint density at radius 1 is 1.44 bits per heavy atom. The number of carbonyl (C=O) groups excluding carboxylic acids is 1. The zero-order valence-corrected chi connectivity index (χ0v) is 10.0. The maximum absolute atomic E-state index is 11.0. The molecule has 16 heavy (non-hydrogen) atoms. The summed E-state index contributed by atoms with van der Waals surface area (Å²) in [4.78, 5) is 11.0. The molecular formula is C13H15ClO2. The van der Waals surface area contributed by atoms with Crippen LogP contribution < -0.4 is 4.74 Å². The van der Waals surface area contributed by atoms with Gasteiger partial charge in [-0.15, -0.1) is 0 Å². The molecule has 0 heterocycles. The Labute approximate surface area is 101 Å². The summed E-state index contributed by atoms with van der Waals surface area (Å²) in [5.74, 6) is 1.77. The Bertz CT molecular complexity index is 368. The van der Waals surface area contributed by atoms with E-state index >= 15 is 0 Å². The zero-order chi connectivity index (χ0) is 11.5. The second-order valence-corrected chi connectivity index (χ2v) is 4.70. The normalized spacial score (nSPS) is 16.9. The quantitative estimate of drug-likeness (QED) is 0.736. The number of benzene rings is 1. The first-order chi connectivity index (χ1) is 7.70. The summed E-state index contributed by atoms with van der Waals surface area (Å²) in [6.45, 7) is 0. The minimum absolute atomic E-state index is 0.243. The van der Waals surface area contributed by atoms with Crippen molar-refractivity contribution in [1.29, 1.82) is 0 Å². The minimum atomic E-state index is -0.243. The van der Waals surface area contributed by atoms with E-state index in [1.54, 1.807) is 7.11 Å². The van der Waals surface area contributed by atoms with E-state index in [1.807, 2.05) is 24.3 Å². The summed E-state index contributed by atoms with van der Waals surface area (Å²) < 4.78 is 5.11. The molecule has 1 aromatic carbocycles. The van der Waals surface area contributed by atoms with Crippen LogP contribution in [-0.2, 0) is 4.79 Å². The molecule has 0 amide bonds. The van der Waals surface area contributed by atoms with Gasteiger partial charge in [0.15, 0.2) is 0 Å². The fourth-order valence-electron chi connectivity index (χ4n) is 2.08. The molecule has 2 nitrogen and oxygen atoms in total. The van der Waals surface area contributed by atoms with Crippen LogP contribution in [-0.4, -0.2) is 12.4 Å². The SMILES string of the molecule is COc1ccc(C(CC(=O)Cl)C2CC2)cc1. The van der Waals surface area contributed by atoms with Gasteiger partial charge in [0.2, 0.25) is 5.24 Å². The lowest BCUT2D eigenvalue weighted by molar-refractivity contribution is -0.112. The standard InChI is InChI=1S/C13H15ClO2/c1-16-11-6-4-10(5-7-11)12(8-13(14)15)9-2-3-9/h4-7,9,12H,2-3,8H2,1H3. The number of hydrogen-bond acceptors (Lipinski definition) is 2. The van der Waals surface area contributed by atoms with Crippen molar-refractivity contribution in [2.45, 2.75) is 25.2 Å². The molecule has 0 N–H and O–H groups in total. The van der Waals surface area contributed by atoms with Gasteiger partial charge in [-0.2, -0.15) is 0 Å². The predicted molar refractivity (Wildman–Crippen MR) is 63.9 cm³/mol. The van der Waals surface area contributed by atoms with Crippen LogP contribution >= 0.6 is 11.6 Å². The smallest absolute Gasteiger partial charge is 0.222 e. The Morgan fingerprint density at radius 3 is 2.50 bits per heavy atom. The van der Waals surface area contributed by atoms with Gasteiger partial charge < -0.3 is 4.74 Å². The number of halogens is 1. The highest BCUT2D eigenvalue weighted by atomic mass is 35.5. The molecule has 0 spiro atoms. The fourth-order valence-corrected chi connectivity index (χ4v) is 2.25. The Hall–Kier alpha value is -1.02. The van der Waals surface area contributed by atoms with E-state index in [-0.39, 0.29) is 11.2 Å². The second kappa shape index (κ2) is 4.88. The first kappa shape index (κ1) is 11.5. The van der Waals surface area contributed by atoms with Gasteiger partial charge in [-0.05, 0) is 54.0 Å². The van der Waals surface area contributed by atoms with Crippen LogP contribution in [0.25, 0.3) is 0 Å². The van der Waals surface area contributed by atoms with Crippen LogP contribution in [0.2, 0.25) is 0 Å². The van der Waals surface area contributed by atoms with Crippen molar-refractivity contribution in [3.63, 3.8) is 0 Å². The molecule has 2 rings (SSSR count). The molecular weight excluding hydrogens is 224 g/mol. The molecule has 0 saturated heterocycles. The van der Waals surface area contributed by atoms with E-state index in [0.717, 1.165) is 5.75 Å². The van der Waals surface area contributed by atoms with Gasteiger partial charge in [-0.3, -0.25) is 4.79 Å². The molecule has 3 heteroatoms. The van der Waals surface area contributed by atoms with Crippen LogP contribution in [0, 0.1) is 5.92 Å². The Morgan fingerprint density at radius 2 is 2.06 bits per heavy atom. The topological polar surface area (TPSA) is 26.3 Å². The molecule has 0 aliphatic heterocycles. The van der Waals surface area contributed by atoms with Gasteiger partial charge in [0.05, 0.1) is 7.11 Å². The number of hydrogen-bond donors (Lipinski definition) is 0. The molecule has 86 valence electrons. The number of ether oxygens (including phenoxy) is 1. The molecule has 1 fully saturated rings. The largest absolute Gasteiger partial charge is 0.497 e. The summed E-state index contributed by atoms with van der Waals surface area (Å²) in [6, 6.07) is 7.93. The second-order valence-electron chi connectivity index (χ2n) is 4.28. The van der Waals surface area contributed by atoms with Crippen LogP contribution in [0.4, 0.5) is 0 Å². The maximum atomic E-state index is 11.0. The molecule has 1 atom stereocenters. The monoisotopic (exact) mass is 238 g/mol. The van der Waals surface area contributed by atoms with Crippen LogP contribution in [0.1, 0.15) is 30.7 Å². The van der Waals surface area contributed by atoms with Crippen LogP contribution in [0.15, 0.2) is 24.3 Å². The highest BCUT2D eigenvalue weighted by molar-refractivity contribution is 6.63. The first-order valence-electron chi connectivity index (χ1n) is 5.53. The lowest BCUT2D eigenvalue weighted by Crippen LogP contribution is -2.05. The third-order valence-electron chi connectivity index (χ3n) is 3.12. The van der Waals surface area contributed by atoms with Crippen molar-refractivity contribution < 1.29 is 9.53 Å². The highest BCUT2D eigenvalue weighted by Gasteiger charge is 2.33. The zero-order valence-electron chi connectivity index (χ0n) is 9.28. The summed E-state index contributed by atoms with van der Waals surface area (Å²) in [5.41, 5.74) is 1.19. The van der Waals surface area contributed by atoms with E-state index < -0.39 is 0 Å². The lowest BCUT2D eigenvalue weighted by Gasteiger charge is -2.14. The summed E-state index contributed by atoms with van der Waals surface area (Å²) in [5, 5.41) is -0.243. The molecule has 0 bridgehead atoms. The third-order valence-corrected chi connectivity index (χ3v) is 3.27. The number of rotatable bonds is 5. The lowest BCUT2D eigenvalue weighted by atomic mass is 9.91. The summed E-state index contributed by atoms with van der Waals surface area (Å²) in [6.07, 6.45) is 2.86. The first-order valence-corrected chi connectivity index (χ1v) is 5.91. The molecule has 1 saturated carbocycles. The molecule has 0 radical (unpaired) electrons. The maximum Gasteiger partial charge on any atom is 0.222 e. The number of carbonyl (C=O) groups is 1. The van der Waals surface area contributed by atoms with Gasteiger partial charge >= 0.3 is 0 Å². The van der Waals surface area contributed by atoms with E-state index in [4.69, 9.17) is 16.3 Å². The highest BCUT2D eigenvalue weighted by Crippen LogP contribution is 2.45. The predicted octanol–water partition coefficient (Wildman–Crippen LogP) is 3.34. The molecule has 1 aliphatic rings. The summed E-state index contributed by atoms with van der Waals surface area (Å²) in [7, 11) is 1.65. The third kappa shape index (κ3) is 2.76. The van der Waals surface area contributed by atoms with Crippen molar-refractivity contribution in [1.82, 2.24) is 0 Å². The van der Waals surface area contributed by atoms with Gasteiger partial charge in [0.25, 0.3) is 0 Å². The average molecular weight is 239 g/mol.